The lowest BCUT2D eigenvalue weighted by Gasteiger charge is -2.41. The van der Waals surface area contributed by atoms with Gasteiger partial charge in [0.15, 0.2) is 11.0 Å². The van der Waals surface area contributed by atoms with Crippen LogP contribution in [0, 0.1) is 17.2 Å². The zero-order valence-corrected chi connectivity index (χ0v) is 25.9. The van der Waals surface area contributed by atoms with Crippen LogP contribution in [0.15, 0.2) is 41.9 Å². The van der Waals surface area contributed by atoms with Gasteiger partial charge in [0, 0.05) is 31.2 Å². The Morgan fingerprint density at radius 1 is 1.19 bits per heavy atom. The number of piperazine rings is 1. The molecule has 2 aliphatic rings. The van der Waals surface area contributed by atoms with Gasteiger partial charge in [0.2, 0.25) is 23.5 Å². The Bertz CT molecular complexity index is 1270. The van der Waals surface area contributed by atoms with E-state index in [1.165, 1.54) is 21.8 Å². The number of thiazole rings is 1. The van der Waals surface area contributed by atoms with Crippen molar-refractivity contribution in [3.8, 4) is 0 Å². The number of nitrogens with zero attached hydrogens (tertiary/aromatic N) is 4. The molecule has 12 heteroatoms. The molecule has 3 atom stereocenters. The highest BCUT2D eigenvalue weighted by atomic mass is 32.1. The second kappa shape index (κ2) is 15.1. The first-order valence-electron chi connectivity index (χ1n) is 15.1. The number of guanidine groups is 1. The van der Waals surface area contributed by atoms with Crippen molar-refractivity contribution in [3.63, 3.8) is 0 Å². The highest BCUT2D eigenvalue weighted by Crippen LogP contribution is 2.24. The van der Waals surface area contributed by atoms with Crippen LogP contribution in [0.3, 0.4) is 0 Å². The Balaban J connectivity index is 1.42. The quantitative estimate of drug-likeness (QED) is 0.179. The minimum atomic E-state index is -0.843. The van der Waals surface area contributed by atoms with E-state index < -0.39 is 18.0 Å². The maximum Gasteiger partial charge on any atom is 0.245 e. The number of nitrogens with two attached hydrogens (primary N) is 1. The maximum absolute atomic E-state index is 13.6. The number of aromatic nitrogens is 1. The van der Waals surface area contributed by atoms with Gasteiger partial charge in [-0.2, -0.15) is 0 Å². The lowest BCUT2D eigenvalue weighted by molar-refractivity contribution is -0.158. The van der Waals surface area contributed by atoms with Gasteiger partial charge in [-0.1, -0.05) is 44.2 Å². The van der Waals surface area contributed by atoms with Crippen LogP contribution in [0.4, 0.5) is 0 Å². The molecule has 4 N–H and O–H groups in total. The Hall–Kier alpha value is -3.80. The summed E-state index contributed by atoms with van der Waals surface area (Å²) in [6.07, 6.45) is 5.58. The molecule has 2 aliphatic heterocycles. The van der Waals surface area contributed by atoms with Crippen molar-refractivity contribution < 1.29 is 19.2 Å². The van der Waals surface area contributed by atoms with E-state index in [0.29, 0.717) is 37.5 Å². The van der Waals surface area contributed by atoms with Crippen LogP contribution in [0.2, 0.25) is 0 Å². The molecular weight excluding hydrogens is 566 g/mol. The highest BCUT2D eigenvalue weighted by Gasteiger charge is 2.40. The zero-order valence-electron chi connectivity index (χ0n) is 25.0. The summed E-state index contributed by atoms with van der Waals surface area (Å²) < 4.78 is 0. The van der Waals surface area contributed by atoms with E-state index in [2.05, 4.69) is 10.3 Å². The van der Waals surface area contributed by atoms with E-state index in [0.717, 1.165) is 25.7 Å². The van der Waals surface area contributed by atoms with Crippen molar-refractivity contribution >= 4 is 40.8 Å². The molecule has 11 nitrogen and oxygen atoms in total. The number of piperidine rings is 1. The van der Waals surface area contributed by atoms with Crippen LogP contribution in [0.25, 0.3) is 0 Å². The summed E-state index contributed by atoms with van der Waals surface area (Å²) in [6, 6.07) is 8.45. The summed E-state index contributed by atoms with van der Waals surface area (Å²) in [6.45, 7) is 5.30. The van der Waals surface area contributed by atoms with Crippen molar-refractivity contribution in [2.24, 2.45) is 17.6 Å². The summed E-state index contributed by atoms with van der Waals surface area (Å²) in [5.41, 5.74) is 6.89. The molecule has 2 saturated heterocycles. The van der Waals surface area contributed by atoms with Crippen LogP contribution in [0.1, 0.15) is 61.3 Å². The van der Waals surface area contributed by atoms with Gasteiger partial charge >= 0.3 is 0 Å². The van der Waals surface area contributed by atoms with Crippen LogP contribution < -0.4 is 11.1 Å². The standard InChI is InChI=1S/C31H43N7O4S/c1-21(2)16-25-30(42)36(13-6-10-22-8-4-3-5-9-22)20-27(40)38(25)19-26(39)35-24(28(41)29-34-12-15-43-29)17-23-11-7-14-37(18-23)31(32)33/h3-5,8-9,12,15,21,23-25H,6-7,10-11,13-14,16-20H2,1-2H3,(H3,32,33)(H,35,39)/t23-,24-,25-/m0/s1. The molecule has 0 radical (unpaired) electrons. The molecule has 43 heavy (non-hydrogen) atoms. The van der Waals surface area contributed by atoms with Crippen molar-refractivity contribution in [3.05, 3.63) is 52.5 Å². The van der Waals surface area contributed by atoms with Crippen LogP contribution in [0.5, 0.6) is 0 Å². The number of nitrogens with one attached hydrogen (secondary N) is 2. The minimum Gasteiger partial charge on any atom is -0.370 e. The number of hydrogen-bond donors (Lipinski definition) is 3. The first-order chi connectivity index (χ1) is 20.6. The molecule has 4 rings (SSSR count). The van der Waals surface area contributed by atoms with Crippen molar-refractivity contribution in [2.45, 2.75) is 64.5 Å². The summed E-state index contributed by atoms with van der Waals surface area (Å²) in [7, 11) is 0. The van der Waals surface area contributed by atoms with Gasteiger partial charge in [-0.05, 0) is 55.9 Å². The number of hydrogen-bond acceptors (Lipinski definition) is 7. The third-order valence-electron chi connectivity index (χ3n) is 8.09. The third kappa shape index (κ3) is 8.85. The van der Waals surface area contributed by atoms with Gasteiger partial charge in [0.1, 0.15) is 12.6 Å². The molecule has 0 unspecified atom stereocenters. The molecule has 232 valence electrons. The predicted octanol–water partition coefficient (Wildman–Crippen LogP) is 2.52. The Labute approximate surface area is 257 Å². The first kappa shape index (κ1) is 32.1. The molecule has 0 bridgehead atoms. The SMILES string of the molecule is CC(C)C[C@H]1C(=O)N(CCCc2ccccc2)CC(=O)N1CC(=O)N[C@@H](C[C@@H]1CCCN(C(=N)N)C1)C(=O)c1nccs1. The Morgan fingerprint density at radius 2 is 1.95 bits per heavy atom. The highest BCUT2D eigenvalue weighted by molar-refractivity contribution is 7.11. The van der Waals surface area contributed by atoms with E-state index >= 15 is 0 Å². The number of carbonyl (C=O) groups is 4. The number of aryl methyl sites for hydroxylation is 1. The van der Waals surface area contributed by atoms with Crippen LogP contribution in [-0.2, 0) is 20.8 Å². The molecule has 2 aromatic rings. The number of ketones is 1. The van der Waals surface area contributed by atoms with Crippen molar-refractivity contribution in [2.75, 3.05) is 32.7 Å². The molecule has 0 aliphatic carbocycles. The maximum atomic E-state index is 13.6. The fourth-order valence-corrected chi connectivity index (χ4v) is 6.59. The average Bonchev–Trinajstić information content (AvgIpc) is 3.52. The molecule has 1 aromatic heterocycles. The second-order valence-corrected chi connectivity index (χ2v) is 12.8. The number of Topliss-reactive ketones (excluding diaryl/α,β-unsaturated/α-hetero) is 1. The lowest BCUT2D eigenvalue weighted by atomic mass is 9.90. The summed E-state index contributed by atoms with van der Waals surface area (Å²) in [5, 5.41) is 12.7. The average molecular weight is 610 g/mol. The molecule has 0 saturated carbocycles. The molecule has 1 aromatic carbocycles. The first-order valence-corrected chi connectivity index (χ1v) is 15.9. The van der Waals surface area contributed by atoms with Gasteiger partial charge in [-0.3, -0.25) is 24.6 Å². The van der Waals surface area contributed by atoms with E-state index in [4.69, 9.17) is 11.1 Å². The van der Waals surface area contributed by atoms with Crippen LogP contribution >= 0.6 is 11.3 Å². The smallest absolute Gasteiger partial charge is 0.245 e. The normalized spacial score (nSPS) is 19.9. The topological polar surface area (TPSA) is 153 Å². The largest absolute Gasteiger partial charge is 0.370 e. The summed E-state index contributed by atoms with van der Waals surface area (Å²) in [5.74, 6) is -1.01. The second-order valence-electron chi connectivity index (χ2n) is 11.9. The third-order valence-corrected chi connectivity index (χ3v) is 8.88. The number of amides is 3. The number of benzene rings is 1. The van der Waals surface area contributed by atoms with Gasteiger partial charge in [-0.25, -0.2) is 4.98 Å². The monoisotopic (exact) mass is 609 g/mol. The van der Waals surface area contributed by atoms with Gasteiger partial charge in [0.25, 0.3) is 0 Å². The Morgan fingerprint density at radius 3 is 2.63 bits per heavy atom. The fraction of sp³-hybridized carbons (Fsp3) is 0.548. The van der Waals surface area contributed by atoms with E-state index in [9.17, 15) is 19.2 Å². The molecule has 0 spiro atoms. The number of rotatable bonds is 13. The van der Waals surface area contributed by atoms with Crippen LogP contribution in [-0.4, -0.2) is 94.0 Å². The molecule has 2 fully saturated rings. The molecular formula is C31H43N7O4S. The van der Waals surface area contributed by atoms with Crippen molar-refractivity contribution in [1.82, 2.24) is 25.0 Å². The van der Waals surface area contributed by atoms with Gasteiger partial charge in [0.05, 0.1) is 12.6 Å². The van der Waals surface area contributed by atoms with E-state index in [-0.39, 0.29) is 48.5 Å². The minimum absolute atomic E-state index is 0.00452. The van der Waals surface area contributed by atoms with E-state index in [1.54, 1.807) is 21.4 Å². The van der Waals surface area contributed by atoms with E-state index in [1.807, 2.05) is 44.2 Å². The summed E-state index contributed by atoms with van der Waals surface area (Å²) in [4.78, 5) is 62.7. The number of carbonyl (C=O) groups excluding carboxylic acids is 4. The van der Waals surface area contributed by atoms with Gasteiger partial charge in [-0.15, -0.1) is 11.3 Å². The molecule has 3 heterocycles. The van der Waals surface area contributed by atoms with Gasteiger partial charge < -0.3 is 25.8 Å². The number of likely N-dealkylation sites (tertiary alicyclic amines) is 1. The summed E-state index contributed by atoms with van der Waals surface area (Å²) >= 11 is 1.21. The predicted molar refractivity (Wildman–Crippen MR) is 166 cm³/mol. The fourth-order valence-electron chi connectivity index (χ4n) is 5.96. The van der Waals surface area contributed by atoms with Crippen molar-refractivity contribution in [1.29, 1.82) is 5.41 Å². The zero-order chi connectivity index (χ0) is 30.9. The molecule has 3 amide bonds. The Kier molecular flexibility index (Phi) is 11.3. The lowest BCUT2D eigenvalue weighted by Crippen LogP contribution is -2.62.